The first-order chi connectivity index (χ1) is 13.1. The molecule has 0 radical (unpaired) electrons. The molecule has 2 aromatic carbocycles. The molecule has 2 amide bonds. The van der Waals surface area contributed by atoms with Crippen LogP contribution in [0.3, 0.4) is 0 Å². The number of para-hydroxylation sites is 1. The van der Waals surface area contributed by atoms with Crippen molar-refractivity contribution in [2.75, 3.05) is 6.79 Å². The van der Waals surface area contributed by atoms with E-state index < -0.39 is 11.8 Å². The molecule has 1 aliphatic rings. The van der Waals surface area contributed by atoms with Crippen LogP contribution in [0.2, 0.25) is 0 Å². The summed E-state index contributed by atoms with van der Waals surface area (Å²) < 4.78 is 11.8. The molecule has 136 valence electrons. The summed E-state index contributed by atoms with van der Waals surface area (Å²) >= 11 is 0. The third-order valence-electron chi connectivity index (χ3n) is 3.86. The molecule has 0 unspecified atom stereocenters. The predicted molar refractivity (Wildman–Crippen MR) is 92.7 cm³/mol. The first-order valence-electron chi connectivity index (χ1n) is 7.96. The van der Waals surface area contributed by atoms with Gasteiger partial charge in [0.1, 0.15) is 0 Å². The van der Waals surface area contributed by atoms with Crippen LogP contribution < -0.4 is 20.3 Å². The van der Waals surface area contributed by atoms with Crippen LogP contribution in [0, 0.1) is 0 Å². The molecule has 0 fully saturated rings. The summed E-state index contributed by atoms with van der Waals surface area (Å²) in [7, 11) is 0. The molecule has 2 heterocycles. The molecule has 1 aromatic heterocycles. The average Bonchev–Trinajstić information content (AvgIpc) is 3.32. The fourth-order valence-electron chi connectivity index (χ4n) is 2.52. The van der Waals surface area contributed by atoms with Gasteiger partial charge in [-0.05, 0) is 30.3 Å². The van der Waals surface area contributed by atoms with Gasteiger partial charge in [0.2, 0.25) is 6.79 Å². The lowest BCUT2D eigenvalue weighted by molar-refractivity contribution is 0.0842. The maximum atomic E-state index is 12.2. The Labute approximate surface area is 153 Å². The average molecular weight is 366 g/mol. The molecule has 3 N–H and O–H groups in total. The van der Waals surface area contributed by atoms with Gasteiger partial charge in [0.25, 0.3) is 11.8 Å². The number of aromatic hydroxyl groups is 1. The zero-order valence-corrected chi connectivity index (χ0v) is 13.9. The quantitative estimate of drug-likeness (QED) is 0.604. The highest BCUT2D eigenvalue weighted by Gasteiger charge is 2.19. The van der Waals surface area contributed by atoms with E-state index in [1.807, 2.05) is 6.07 Å². The maximum Gasteiger partial charge on any atom is 0.294 e. The molecule has 4 rings (SSSR count). The molecule has 0 aliphatic carbocycles. The van der Waals surface area contributed by atoms with Crippen molar-refractivity contribution in [3.63, 3.8) is 0 Å². The number of hydrogen-bond donors (Lipinski definition) is 3. The van der Waals surface area contributed by atoms with E-state index in [1.165, 1.54) is 23.0 Å². The lowest BCUT2D eigenvalue weighted by Crippen LogP contribution is -2.41. The Hall–Kier alpha value is -4.01. The largest absolute Gasteiger partial charge is 0.504 e. The number of carbonyl (C=O) groups is 2. The van der Waals surface area contributed by atoms with Gasteiger partial charge in [0.05, 0.1) is 11.9 Å². The first-order valence-corrected chi connectivity index (χ1v) is 7.96. The molecule has 0 spiro atoms. The van der Waals surface area contributed by atoms with Gasteiger partial charge in [-0.1, -0.05) is 18.2 Å². The second-order valence-electron chi connectivity index (χ2n) is 5.62. The van der Waals surface area contributed by atoms with Crippen LogP contribution >= 0.6 is 0 Å². The Morgan fingerprint density at radius 2 is 1.74 bits per heavy atom. The van der Waals surface area contributed by atoms with Crippen molar-refractivity contribution in [3.05, 3.63) is 66.0 Å². The number of aromatic nitrogens is 2. The number of benzene rings is 2. The van der Waals surface area contributed by atoms with Crippen molar-refractivity contribution >= 4 is 11.8 Å². The topological polar surface area (TPSA) is 115 Å². The highest BCUT2D eigenvalue weighted by molar-refractivity contribution is 5.99. The smallest absolute Gasteiger partial charge is 0.294 e. The number of carbonyl (C=O) groups excluding carboxylic acids is 2. The first kappa shape index (κ1) is 16.5. The Morgan fingerprint density at radius 1 is 1.00 bits per heavy atom. The summed E-state index contributed by atoms with van der Waals surface area (Å²) in [6.45, 7) is 0.0977. The van der Waals surface area contributed by atoms with E-state index in [9.17, 15) is 14.7 Å². The summed E-state index contributed by atoms with van der Waals surface area (Å²) in [6, 6.07) is 13.6. The summed E-state index contributed by atoms with van der Waals surface area (Å²) in [5.74, 6) is -0.617. The third-order valence-corrected chi connectivity index (χ3v) is 3.86. The van der Waals surface area contributed by atoms with Crippen molar-refractivity contribution in [2.24, 2.45) is 0 Å². The standard InChI is InChI=1S/C18H14N4O5/c23-13-9-22(12-4-2-1-3-5-12)21-16(13)18(25)20-19-17(24)11-6-7-14-15(8-11)27-10-26-14/h1-9,23H,10H2,(H,19,24)(H,20,25). The Kier molecular flexibility index (Phi) is 4.09. The number of fused-ring (bicyclic) bond motifs is 1. The van der Waals surface area contributed by atoms with E-state index >= 15 is 0 Å². The highest BCUT2D eigenvalue weighted by atomic mass is 16.7. The minimum Gasteiger partial charge on any atom is -0.504 e. The Bertz CT molecular complexity index is 1020. The molecule has 0 bridgehead atoms. The normalized spacial score (nSPS) is 11.9. The number of hydrazine groups is 1. The van der Waals surface area contributed by atoms with Crippen molar-refractivity contribution in [1.82, 2.24) is 20.6 Å². The van der Waals surface area contributed by atoms with E-state index in [2.05, 4.69) is 16.0 Å². The molecule has 0 atom stereocenters. The van der Waals surface area contributed by atoms with Crippen molar-refractivity contribution in [1.29, 1.82) is 0 Å². The highest BCUT2D eigenvalue weighted by Crippen LogP contribution is 2.32. The van der Waals surface area contributed by atoms with Crippen LogP contribution in [0.5, 0.6) is 17.2 Å². The number of nitrogens with one attached hydrogen (secondary N) is 2. The van der Waals surface area contributed by atoms with Crippen molar-refractivity contribution < 1.29 is 24.2 Å². The fraction of sp³-hybridized carbons (Fsp3) is 0.0556. The number of rotatable bonds is 3. The van der Waals surface area contributed by atoms with Crippen molar-refractivity contribution in [2.45, 2.75) is 0 Å². The number of nitrogens with zero attached hydrogens (tertiary/aromatic N) is 2. The van der Waals surface area contributed by atoms with Gasteiger partial charge in [0, 0.05) is 5.56 Å². The molecule has 9 nitrogen and oxygen atoms in total. The minimum atomic E-state index is -0.753. The Balaban J connectivity index is 1.44. The maximum absolute atomic E-state index is 12.2. The van der Waals surface area contributed by atoms with E-state index in [1.54, 1.807) is 30.3 Å². The molecule has 3 aromatic rings. The van der Waals surface area contributed by atoms with Crippen LogP contribution in [-0.2, 0) is 0 Å². The molecule has 27 heavy (non-hydrogen) atoms. The second kappa shape index (κ2) is 6.71. The van der Waals surface area contributed by atoms with Crippen LogP contribution in [0.15, 0.2) is 54.7 Å². The number of hydrogen-bond acceptors (Lipinski definition) is 6. The van der Waals surface area contributed by atoms with Gasteiger partial charge < -0.3 is 14.6 Å². The second-order valence-corrected chi connectivity index (χ2v) is 5.62. The van der Waals surface area contributed by atoms with Gasteiger partial charge >= 0.3 is 0 Å². The minimum absolute atomic E-state index is 0.0977. The zero-order chi connectivity index (χ0) is 18.8. The van der Waals surface area contributed by atoms with Crippen LogP contribution in [0.1, 0.15) is 20.8 Å². The van der Waals surface area contributed by atoms with Crippen LogP contribution in [-0.4, -0.2) is 33.5 Å². The van der Waals surface area contributed by atoms with E-state index in [0.29, 0.717) is 17.2 Å². The number of amides is 2. The monoisotopic (exact) mass is 366 g/mol. The molecule has 0 saturated heterocycles. The molecule has 0 saturated carbocycles. The lowest BCUT2D eigenvalue weighted by Gasteiger charge is -2.07. The number of ether oxygens (including phenoxy) is 2. The SMILES string of the molecule is O=C(NNC(=O)c1nn(-c2ccccc2)cc1O)c1ccc2c(c1)OCO2. The van der Waals surface area contributed by atoms with E-state index in [-0.39, 0.29) is 23.8 Å². The fourth-order valence-corrected chi connectivity index (χ4v) is 2.52. The summed E-state index contributed by atoms with van der Waals surface area (Å²) in [4.78, 5) is 24.4. The van der Waals surface area contributed by atoms with Crippen LogP contribution in [0.4, 0.5) is 0 Å². The zero-order valence-electron chi connectivity index (χ0n) is 13.9. The molecular weight excluding hydrogens is 352 g/mol. The van der Waals surface area contributed by atoms with E-state index in [4.69, 9.17) is 9.47 Å². The molecule has 1 aliphatic heterocycles. The molecular formula is C18H14N4O5. The van der Waals surface area contributed by atoms with Gasteiger partial charge in [-0.2, -0.15) is 5.10 Å². The molecule has 9 heteroatoms. The van der Waals surface area contributed by atoms with Crippen LogP contribution in [0.25, 0.3) is 5.69 Å². The van der Waals surface area contributed by atoms with Gasteiger partial charge in [-0.25, -0.2) is 4.68 Å². The van der Waals surface area contributed by atoms with Gasteiger partial charge in [-0.15, -0.1) is 0 Å². The third kappa shape index (κ3) is 3.25. The predicted octanol–water partition coefficient (Wildman–Crippen LogP) is 1.38. The van der Waals surface area contributed by atoms with E-state index in [0.717, 1.165) is 0 Å². The Morgan fingerprint density at radius 3 is 2.56 bits per heavy atom. The summed E-state index contributed by atoms with van der Waals surface area (Å²) in [5.41, 5.74) is 5.23. The van der Waals surface area contributed by atoms with Gasteiger partial charge in [0.15, 0.2) is 22.9 Å². The summed E-state index contributed by atoms with van der Waals surface area (Å²) in [5, 5.41) is 14.0. The summed E-state index contributed by atoms with van der Waals surface area (Å²) in [6.07, 6.45) is 1.31. The van der Waals surface area contributed by atoms with Crippen molar-refractivity contribution in [3.8, 4) is 22.9 Å². The lowest BCUT2D eigenvalue weighted by atomic mass is 10.2. The van der Waals surface area contributed by atoms with Gasteiger partial charge in [-0.3, -0.25) is 20.4 Å².